The maximum absolute atomic E-state index is 12.7. The van der Waals surface area contributed by atoms with Crippen LogP contribution in [0.2, 0.25) is 0 Å². The third-order valence-corrected chi connectivity index (χ3v) is 5.71. The van der Waals surface area contributed by atoms with Crippen molar-refractivity contribution in [2.24, 2.45) is 5.92 Å². The Morgan fingerprint density at radius 1 is 1.09 bits per heavy atom. The van der Waals surface area contributed by atoms with Crippen LogP contribution in [0.1, 0.15) is 41.6 Å². The van der Waals surface area contributed by atoms with Gasteiger partial charge in [-0.1, -0.05) is 5.10 Å². The molecule has 9 nitrogen and oxygen atoms in total. The van der Waals surface area contributed by atoms with Crippen LogP contribution in [0.15, 0.2) is 28.7 Å². The highest BCUT2D eigenvalue weighted by molar-refractivity contribution is 5.95. The molecule has 3 atom stereocenters. The van der Waals surface area contributed by atoms with Crippen molar-refractivity contribution in [3.63, 3.8) is 0 Å². The molecule has 2 aromatic rings. The van der Waals surface area contributed by atoms with Gasteiger partial charge < -0.3 is 24.5 Å². The second-order valence-electron chi connectivity index (χ2n) is 8.14. The van der Waals surface area contributed by atoms with Crippen LogP contribution in [0.25, 0.3) is 0 Å². The summed E-state index contributed by atoms with van der Waals surface area (Å²) in [6, 6.07) is 4.27. The molecular weight excluding hydrogens is 490 g/mol. The van der Waals surface area contributed by atoms with Crippen LogP contribution in [-0.4, -0.2) is 54.1 Å². The van der Waals surface area contributed by atoms with Gasteiger partial charge >= 0.3 is 18.8 Å². The van der Waals surface area contributed by atoms with Gasteiger partial charge in [-0.2, -0.15) is 0 Å². The molecule has 0 spiro atoms. The van der Waals surface area contributed by atoms with Crippen LogP contribution in [0, 0.1) is 5.92 Å². The van der Waals surface area contributed by atoms with E-state index in [0.29, 0.717) is 19.4 Å². The zero-order valence-corrected chi connectivity index (χ0v) is 17.9. The molecule has 192 valence electrons. The third-order valence-electron chi connectivity index (χ3n) is 5.71. The highest BCUT2D eigenvalue weighted by Gasteiger charge is 2.56. The smallest absolute Gasteiger partial charge is 0.447 e. The lowest BCUT2D eigenvalue weighted by atomic mass is 10.1. The number of rotatable bonds is 8. The summed E-state index contributed by atoms with van der Waals surface area (Å²) >= 11 is 0. The summed E-state index contributed by atoms with van der Waals surface area (Å²) in [4.78, 5) is 12.7. The molecule has 1 aliphatic heterocycles. The topological polar surface area (TPSA) is 108 Å². The summed E-state index contributed by atoms with van der Waals surface area (Å²) < 4.78 is 90.5. The van der Waals surface area contributed by atoms with Crippen molar-refractivity contribution in [1.29, 1.82) is 0 Å². The summed E-state index contributed by atoms with van der Waals surface area (Å²) in [5, 5.41) is 13.7. The fourth-order valence-corrected chi connectivity index (χ4v) is 3.97. The molecule has 2 N–H and O–H groups in total. The first kappa shape index (κ1) is 25.0. The van der Waals surface area contributed by atoms with Crippen LogP contribution in [-0.2, 0) is 4.74 Å². The monoisotopic (exact) mass is 510 g/mol. The van der Waals surface area contributed by atoms with Gasteiger partial charge in [0, 0.05) is 12.1 Å². The van der Waals surface area contributed by atoms with E-state index in [4.69, 9.17) is 9.15 Å². The number of ether oxygens (including phenoxy) is 3. The zero-order chi connectivity index (χ0) is 25.3. The van der Waals surface area contributed by atoms with E-state index in [1.54, 1.807) is 0 Å². The van der Waals surface area contributed by atoms with Crippen molar-refractivity contribution in [2.45, 2.75) is 43.6 Å². The molecule has 15 heteroatoms. The van der Waals surface area contributed by atoms with Crippen LogP contribution in [0.3, 0.4) is 0 Å². The van der Waals surface area contributed by atoms with E-state index in [1.807, 2.05) is 0 Å². The molecule has 1 saturated heterocycles. The Labute approximate surface area is 194 Å². The first-order chi connectivity index (χ1) is 16.4. The molecule has 1 amide bonds. The van der Waals surface area contributed by atoms with Crippen molar-refractivity contribution >= 4 is 5.91 Å². The zero-order valence-electron chi connectivity index (χ0n) is 17.9. The second kappa shape index (κ2) is 9.53. The lowest BCUT2D eigenvalue weighted by Crippen LogP contribution is -2.45. The Kier molecular flexibility index (Phi) is 6.81. The average molecular weight is 510 g/mol. The molecular formula is C20H20F6N4O5. The lowest BCUT2D eigenvalue weighted by molar-refractivity contribution is -0.325. The molecule has 1 unspecified atom stereocenters. The number of amides is 1. The van der Waals surface area contributed by atoms with E-state index in [1.165, 1.54) is 12.1 Å². The van der Waals surface area contributed by atoms with Crippen molar-refractivity contribution < 1.29 is 49.8 Å². The van der Waals surface area contributed by atoms with Gasteiger partial charge in [0.25, 0.3) is 5.91 Å². The number of nitrogens with one attached hydrogen (secondary N) is 2. The quantitative estimate of drug-likeness (QED) is 0.411. The van der Waals surface area contributed by atoms with Crippen molar-refractivity contribution in [3.8, 4) is 11.8 Å². The summed E-state index contributed by atoms with van der Waals surface area (Å²) in [5.41, 5.74) is -0.338. The van der Waals surface area contributed by atoms with E-state index in [0.717, 1.165) is 18.6 Å². The average Bonchev–Trinajstić information content (AvgIpc) is 3.27. The van der Waals surface area contributed by atoms with Gasteiger partial charge in [0.05, 0.1) is 18.2 Å². The van der Waals surface area contributed by atoms with E-state index < -0.39 is 43.1 Å². The van der Waals surface area contributed by atoms with Crippen LogP contribution < -0.4 is 20.1 Å². The molecule has 1 aliphatic carbocycles. The number of carbonyl (C=O) groups excluding carboxylic acids is 1. The van der Waals surface area contributed by atoms with Gasteiger partial charge in [0.2, 0.25) is 5.89 Å². The lowest BCUT2D eigenvalue weighted by Gasteiger charge is -2.20. The molecule has 1 aromatic heterocycles. The van der Waals surface area contributed by atoms with Gasteiger partial charge in [-0.25, -0.2) is 0 Å². The van der Waals surface area contributed by atoms with Crippen molar-refractivity contribution in [3.05, 3.63) is 35.7 Å². The van der Waals surface area contributed by atoms with Crippen LogP contribution in [0.5, 0.6) is 11.8 Å². The van der Waals surface area contributed by atoms with E-state index in [2.05, 4.69) is 30.3 Å². The fourth-order valence-electron chi connectivity index (χ4n) is 3.97. The summed E-state index contributed by atoms with van der Waals surface area (Å²) in [6.45, 7) is -0.786. The number of hydrogen-bond donors (Lipinski definition) is 2. The number of nitrogens with zero attached hydrogens (tertiary/aromatic N) is 2. The molecule has 0 bridgehead atoms. The number of carbonyl (C=O) groups is 1. The maximum atomic E-state index is 12.7. The number of halogens is 6. The van der Waals surface area contributed by atoms with Crippen molar-refractivity contribution in [2.75, 3.05) is 19.8 Å². The van der Waals surface area contributed by atoms with Gasteiger partial charge in [-0.05, 0) is 49.4 Å². The Morgan fingerprint density at radius 2 is 1.83 bits per heavy atom. The minimum absolute atomic E-state index is 0.176. The standard InChI is InChI=1S/C20H20F6N4O5/c21-19(22,23)33-8-7-32-17-30-29-16(34-17)14-6-3-12-9-18(12,10-27-14)28-15(31)11-1-4-13(5-2-11)35-20(24,25)26/h1-2,4-5,12,14,27H,3,6-10H2,(H,28,31)/t12?,14-,18+/m1/s1. The highest BCUT2D eigenvalue weighted by atomic mass is 19.4. The molecule has 2 aliphatic rings. The number of alkyl halides is 6. The highest BCUT2D eigenvalue weighted by Crippen LogP contribution is 2.49. The first-order valence-electron chi connectivity index (χ1n) is 10.5. The predicted molar refractivity (Wildman–Crippen MR) is 103 cm³/mol. The van der Waals surface area contributed by atoms with Crippen LogP contribution in [0.4, 0.5) is 26.3 Å². The van der Waals surface area contributed by atoms with Crippen molar-refractivity contribution in [1.82, 2.24) is 20.8 Å². The van der Waals surface area contributed by atoms with E-state index in [-0.39, 0.29) is 29.5 Å². The predicted octanol–water partition coefficient (Wildman–Crippen LogP) is 3.50. The van der Waals surface area contributed by atoms with Crippen LogP contribution >= 0.6 is 0 Å². The minimum Gasteiger partial charge on any atom is -0.447 e. The third kappa shape index (κ3) is 6.75. The molecule has 2 heterocycles. The van der Waals surface area contributed by atoms with Gasteiger partial charge in [-0.3, -0.25) is 9.53 Å². The Hall–Kier alpha value is -3.07. The van der Waals surface area contributed by atoms with Gasteiger partial charge in [0.15, 0.2) is 0 Å². The number of hydrogen-bond acceptors (Lipinski definition) is 8. The van der Waals surface area contributed by atoms with E-state index >= 15 is 0 Å². The van der Waals surface area contributed by atoms with Gasteiger partial charge in [-0.15, -0.1) is 31.4 Å². The maximum Gasteiger partial charge on any atom is 0.573 e. The normalized spacial score (nSPS) is 24.3. The largest absolute Gasteiger partial charge is 0.573 e. The molecule has 1 saturated carbocycles. The molecule has 2 fully saturated rings. The molecule has 1 aromatic carbocycles. The Morgan fingerprint density at radius 3 is 2.51 bits per heavy atom. The SMILES string of the molecule is O=C(N[C@@]12CN[C@@H](c3nnc(OCCOC(F)(F)F)o3)CCC1C2)c1ccc(OC(F)(F)F)cc1. The fraction of sp³-hybridized carbons (Fsp3) is 0.550. The minimum atomic E-state index is -4.82. The number of fused-ring (bicyclic) bond motifs is 1. The Bertz CT molecular complexity index is 1030. The van der Waals surface area contributed by atoms with E-state index in [9.17, 15) is 31.1 Å². The molecule has 35 heavy (non-hydrogen) atoms. The molecule has 4 rings (SSSR count). The van der Waals surface area contributed by atoms with Gasteiger partial charge in [0.1, 0.15) is 12.4 Å². The second-order valence-corrected chi connectivity index (χ2v) is 8.14. The molecule has 0 radical (unpaired) electrons. The number of aromatic nitrogens is 2. The number of benzene rings is 1. The Balaban J connectivity index is 1.28. The summed E-state index contributed by atoms with van der Waals surface area (Å²) in [5.74, 6) is -0.484. The first-order valence-corrected chi connectivity index (χ1v) is 10.5. The summed E-state index contributed by atoms with van der Waals surface area (Å²) in [6.07, 6.45) is -7.82. The summed E-state index contributed by atoms with van der Waals surface area (Å²) in [7, 11) is 0.